The maximum atomic E-state index is 13.6. The molecule has 1 saturated heterocycles. The molecule has 10 heteroatoms. The van der Waals surface area contributed by atoms with Gasteiger partial charge in [-0.3, -0.25) is 19.3 Å². The molecule has 0 bridgehead atoms. The normalized spacial score (nSPS) is 14.4. The Balaban J connectivity index is 1.43. The predicted molar refractivity (Wildman–Crippen MR) is 140 cm³/mol. The van der Waals surface area contributed by atoms with Crippen LogP contribution < -0.4 is 5.73 Å². The molecule has 2 heterocycles. The molecular formula is C29H31F3N4O3. The van der Waals surface area contributed by atoms with Crippen molar-refractivity contribution in [2.45, 2.75) is 32.5 Å². The number of aryl methyl sites for hydroxylation is 1. The number of nitrogens with zero attached hydrogens (tertiary/aromatic N) is 3. The van der Waals surface area contributed by atoms with Crippen LogP contribution in [0.25, 0.3) is 0 Å². The van der Waals surface area contributed by atoms with Crippen LogP contribution in [0, 0.1) is 6.92 Å². The summed E-state index contributed by atoms with van der Waals surface area (Å²) in [4.78, 5) is 41.7. The van der Waals surface area contributed by atoms with E-state index >= 15 is 0 Å². The van der Waals surface area contributed by atoms with Gasteiger partial charge in [-0.15, -0.1) is 0 Å². The van der Waals surface area contributed by atoms with Gasteiger partial charge in [0.2, 0.25) is 5.91 Å². The van der Waals surface area contributed by atoms with Crippen LogP contribution in [0.1, 0.15) is 49.7 Å². The van der Waals surface area contributed by atoms with Crippen molar-refractivity contribution < 1.29 is 27.6 Å². The molecule has 0 atom stereocenters. The van der Waals surface area contributed by atoms with E-state index in [1.54, 1.807) is 11.8 Å². The van der Waals surface area contributed by atoms with Crippen LogP contribution >= 0.6 is 0 Å². The number of hydrogen-bond donors (Lipinski definition) is 1. The highest BCUT2D eigenvalue weighted by atomic mass is 19.4. The lowest BCUT2D eigenvalue weighted by atomic mass is 10.1. The summed E-state index contributed by atoms with van der Waals surface area (Å²) in [6, 6.07) is 16.3. The summed E-state index contributed by atoms with van der Waals surface area (Å²) in [5, 5.41) is 0. The van der Waals surface area contributed by atoms with Crippen LogP contribution in [0.4, 0.5) is 13.2 Å². The molecule has 4 rings (SSSR count). The number of primary amides is 1. The molecule has 0 aliphatic carbocycles. The third-order valence-corrected chi connectivity index (χ3v) is 7.13. The molecule has 0 saturated carbocycles. The third-order valence-electron chi connectivity index (χ3n) is 7.13. The molecule has 1 aliphatic heterocycles. The van der Waals surface area contributed by atoms with Crippen LogP contribution in [-0.2, 0) is 23.9 Å². The Morgan fingerprint density at radius 2 is 1.56 bits per heavy atom. The van der Waals surface area contributed by atoms with Gasteiger partial charge in [0.1, 0.15) is 0 Å². The zero-order chi connectivity index (χ0) is 28.2. The number of nitrogens with two attached hydrogens (primary N) is 1. The number of carbonyl (C=O) groups excluding carboxylic acids is 3. The highest BCUT2D eigenvalue weighted by molar-refractivity contribution is 6.01. The number of Topliss-reactive ketones (excluding diaryl/α,β-unsaturated/α-hetero) is 1. The number of carbonyl (C=O) groups is 3. The smallest absolute Gasteiger partial charge is 0.366 e. The fourth-order valence-corrected chi connectivity index (χ4v) is 4.93. The van der Waals surface area contributed by atoms with Crippen LogP contribution in [0.15, 0.2) is 60.7 Å². The van der Waals surface area contributed by atoms with Crippen molar-refractivity contribution in [3.8, 4) is 0 Å². The average molecular weight is 541 g/mol. The molecule has 39 heavy (non-hydrogen) atoms. The largest absolute Gasteiger partial charge is 0.416 e. The molecule has 1 fully saturated rings. The monoisotopic (exact) mass is 540 g/mol. The molecule has 3 aromatic rings. The summed E-state index contributed by atoms with van der Waals surface area (Å²) in [5.74, 6) is -1.03. The lowest BCUT2D eigenvalue weighted by Crippen LogP contribution is -2.50. The van der Waals surface area contributed by atoms with Crippen LogP contribution in [0.2, 0.25) is 0 Å². The number of ketones is 1. The van der Waals surface area contributed by atoms with Gasteiger partial charge in [0, 0.05) is 44.8 Å². The van der Waals surface area contributed by atoms with E-state index in [0.717, 1.165) is 11.6 Å². The number of piperazine rings is 1. The van der Waals surface area contributed by atoms with Crippen molar-refractivity contribution in [2.24, 2.45) is 5.73 Å². The number of benzene rings is 2. The molecule has 7 nitrogen and oxygen atoms in total. The number of aromatic nitrogens is 1. The number of alkyl halides is 3. The molecule has 0 radical (unpaired) electrons. The lowest BCUT2D eigenvalue weighted by Gasteiger charge is -2.34. The van der Waals surface area contributed by atoms with E-state index in [0.29, 0.717) is 44.7 Å². The molecule has 0 spiro atoms. The van der Waals surface area contributed by atoms with Gasteiger partial charge in [-0.25, -0.2) is 0 Å². The molecule has 1 aliphatic rings. The van der Waals surface area contributed by atoms with E-state index in [4.69, 9.17) is 5.73 Å². The van der Waals surface area contributed by atoms with Gasteiger partial charge in [0.25, 0.3) is 5.91 Å². The summed E-state index contributed by atoms with van der Waals surface area (Å²) >= 11 is 0. The van der Waals surface area contributed by atoms with Crippen LogP contribution in [0.5, 0.6) is 0 Å². The highest BCUT2D eigenvalue weighted by Crippen LogP contribution is 2.33. The summed E-state index contributed by atoms with van der Waals surface area (Å²) in [6.45, 7) is 3.27. The number of hydrogen-bond acceptors (Lipinski definition) is 4. The summed E-state index contributed by atoms with van der Waals surface area (Å²) < 4.78 is 42.2. The van der Waals surface area contributed by atoms with E-state index in [-0.39, 0.29) is 41.6 Å². The van der Waals surface area contributed by atoms with E-state index in [1.165, 1.54) is 28.8 Å². The van der Waals surface area contributed by atoms with Gasteiger partial charge in [0.15, 0.2) is 5.78 Å². The molecule has 2 aromatic carbocycles. The maximum absolute atomic E-state index is 13.6. The van der Waals surface area contributed by atoms with Gasteiger partial charge in [-0.05, 0) is 36.6 Å². The fourth-order valence-electron chi connectivity index (χ4n) is 4.93. The van der Waals surface area contributed by atoms with Gasteiger partial charge in [-0.2, -0.15) is 13.2 Å². The number of rotatable bonds is 9. The Morgan fingerprint density at radius 3 is 2.21 bits per heavy atom. The Hall–Kier alpha value is -3.92. The molecule has 206 valence electrons. The standard InChI is InChI=1S/C29H31F3N4O3/c1-20-23(28(33)39)17-25(36(20)18-22-9-5-6-10-24(22)29(30,31)32)26(37)19-34-13-15-35(16-14-34)27(38)12-11-21-7-3-2-4-8-21/h2-10,17H,11-16,18-19H2,1H3,(H2,33,39). The van der Waals surface area contributed by atoms with Crippen molar-refractivity contribution in [1.29, 1.82) is 0 Å². The second-order valence-corrected chi connectivity index (χ2v) is 9.70. The van der Waals surface area contributed by atoms with Gasteiger partial charge in [0.05, 0.1) is 23.4 Å². The van der Waals surface area contributed by atoms with Crippen LogP contribution in [0.3, 0.4) is 0 Å². The Labute approximate surface area is 225 Å². The van der Waals surface area contributed by atoms with Crippen LogP contribution in [-0.4, -0.2) is 64.7 Å². The maximum Gasteiger partial charge on any atom is 0.416 e. The van der Waals surface area contributed by atoms with Gasteiger partial charge < -0.3 is 15.2 Å². The van der Waals surface area contributed by atoms with Crippen molar-refractivity contribution in [3.63, 3.8) is 0 Å². The zero-order valence-electron chi connectivity index (χ0n) is 21.7. The number of halogens is 3. The second-order valence-electron chi connectivity index (χ2n) is 9.70. The van der Waals surface area contributed by atoms with Crippen molar-refractivity contribution in [3.05, 3.63) is 94.3 Å². The van der Waals surface area contributed by atoms with E-state index in [1.807, 2.05) is 35.2 Å². The lowest BCUT2D eigenvalue weighted by molar-refractivity contribution is -0.138. The minimum Gasteiger partial charge on any atom is -0.366 e. The minimum absolute atomic E-state index is 0.00855. The van der Waals surface area contributed by atoms with E-state index in [9.17, 15) is 27.6 Å². The van der Waals surface area contributed by atoms with Gasteiger partial charge in [-0.1, -0.05) is 48.5 Å². The fraction of sp³-hybridized carbons (Fsp3) is 0.345. The summed E-state index contributed by atoms with van der Waals surface area (Å²) in [7, 11) is 0. The Kier molecular flexibility index (Phi) is 8.54. The van der Waals surface area contributed by atoms with E-state index in [2.05, 4.69) is 0 Å². The molecule has 0 unspecified atom stereocenters. The SMILES string of the molecule is Cc1c(C(N)=O)cc(C(=O)CN2CCN(C(=O)CCc3ccccc3)CC2)n1Cc1ccccc1C(F)(F)F. The predicted octanol–water partition coefficient (Wildman–Crippen LogP) is 3.92. The Morgan fingerprint density at radius 1 is 0.923 bits per heavy atom. The molecule has 2 amide bonds. The van der Waals surface area contributed by atoms with Crippen molar-refractivity contribution in [2.75, 3.05) is 32.7 Å². The first-order valence-electron chi connectivity index (χ1n) is 12.8. The van der Waals surface area contributed by atoms with E-state index < -0.39 is 17.6 Å². The summed E-state index contributed by atoms with van der Waals surface area (Å²) in [5.41, 5.74) is 6.32. The first-order chi connectivity index (χ1) is 18.5. The van der Waals surface area contributed by atoms with Crippen molar-refractivity contribution >= 4 is 17.6 Å². The van der Waals surface area contributed by atoms with Crippen molar-refractivity contribution in [1.82, 2.24) is 14.4 Å². The Bertz CT molecular complexity index is 1340. The minimum atomic E-state index is -4.56. The summed E-state index contributed by atoms with van der Waals surface area (Å²) in [6.07, 6.45) is -3.49. The quantitative estimate of drug-likeness (QED) is 0.417. The first-order valence-corrected chi connectivity index (χ1v) is 12.8. The second kappa shape index (κ2) is 11.9. The molecular weight excluding hydrogens is 509 g/mol. The highest BCUT2D eigenvalue weighted by Gasteiger charge is 2.33. The molecule has 2 N–H and O–H groups in total. The first kappa shape index (κ1) is 28.1. The third kappa shape index (κ3) is 6.75. The topological polar surface area (TPSA) is 88.6 Å². The number of amides is 2. The zero-order valence-corrected chi connectivity index (χ0v) is 21.7. The van der Waals surface area contributed by atoms with Gasteiger partial charge >= 0.3 is 6.18 Å². The molecule has 1 aromatic heterocycles. The average Bonchev–Trinajstić information content (AvgIpc) is 3.24.